The topological polar surface area (TPSA) is 311 Å². The third-order valence-corrected chi connectivity index (χ3v) is 13.8. The minimum atomic E-state index is -4.52. The van der Waals surface area contributed by atoms with Crippen molar-refractivity contribution >= 4 is 55.0 Å². The van der Waals surface area contributed by atoms with Crippen molar-refractivity contribution in [3.8, 4) is 0 Å². The van der Waals surface area contributed by atoms with Gasteiger partial charge in [0.25, 0.3) is 0 Å². The molecule has 0 saturated carbocycles. The number of aliphatic hydroxyl groups is 2. The molecule has 0 bridgehead atoms. The van der Waals surface area contributed by atoms with E-state index in [0.717, 1.165) is 19.3 Å². The average molecular weight is 1110 g/mol. The van der Waals surface area contributed by atoms with Crippen LogP contribution in [0.15, 0.2) is 0 Å². The second-order valence-electron chi connectivity index (χ2n) is 21.2. The van der Waals surface area contributed by atoms with Gasteiger partial charge in [0, 0.05) is 32.1 Å². The van der Waals surface area contributed by atoms with E-state index in [4.69, 9.17) is 23.6 Å². The van der Waals surface area contributed by atoms with E-state index in [9.17, 15) is 58.0 Å². The molecule has 442 valence electrons. The van der Waals surface area contributed by atoms with E-state index in [-0.39, 0.29) is 45.3 Å². The van der Waals surface area contributed by atoms with E-state index in [1.807, 2.05) is 33.1 Å². The molecule has 0 aliphatic rings. The summed E-state index contributed by atoms with van der Waals surface area (Å²) in [5, 5.41) is 36.2. The molecule has 0 aromatic heterocycles. The Hall–Kier alpha value is -3.89. The fraction of sp³-hybridized carbons (Fsp3) is 0.849. The second-order valence-corrected chi connectivity index (χ2v) is 22.6. The summed E-state index contributed by atoms with van der Waals surface area (Å²) < 4.78 is 34.4. The second kappa shape index (κ2) is 42.1. The molecular formula is C53H99N5O17P+. The fourth-order valence-corrected chi connectivity index (χ4v) is 8.42. The van der Waals surface area contributed by atoms with Crippen molar-refractivity contribution in [3.63, 3.8) is 0 Å². The maximum absolute atomic E-state index is 13.4. The smallest absolute Gasteiger partial charge is 0.472 e. The van der Waals surface area contributed by atoms with Gasteiger partial charge in [0.15, 0.2) is 17.7 Å². The Bertz CT molecular complexity index is 1750. The van der Waals surface area contributed by atoms with Crippen molar-refractivity contribution in [2.75, 3.05) is 80.7 Å². The third-order valence-electron chi connectivity index (χ3n) is 12.8. The molecule has 22 nitrogen and oxygen atoms in total. The minimum Gasteiger partial charge on any atom is -0.480 e. The molecule has 0 aliphatic heterocycles. The number of carbonyl (C=O) groups excluding carboxylic acids is 7. The van der Waals surface area contributed by atoms with Gasteiger partial charge in [-0.3, -0.25) is 47.4 Å². The molecule has 0 rings (SSSR count). The number of ketones is 2. The van der Waals surface area contributed by atoms with Gasteiger partial charge in [-0.15, -0.1) is 0 Å². The Morgan fingerprint density at radius 2 is 1.20 bits per heavy atom. The highest BCUT2D eigenvalue weighted by molar-refractivity contribution is 7.47. The maximum Gasteiger partial charge on any atom is 0.472 e. The van der Waals surface area contributed by atoms with Crippen LogP contribution >= 0.6 is 7.82 Å². The Morgan fingerprint density at radius 1 is 0.645 bits per heavy atom. The molecule has 0 aromatic carbocycles. The van der Waals surface area contributed by atoms with Crippen LogP contribution in [0.2, 0.25) is 0 Å². The van der Waals surface area contributed by atoms with E-state index in [1.54, 1.807) is 0 Å². The summed E-state index contributed by atoms with van der Waals surface area (Å²) in [6, 6.07) is -1.11. The van der Waals surface area contributed by atoms with Crippen LogP contribution in [0.25, 0.3) is 0 Å². The van der Waals surface area contributed by atoms with Gasteiger partial charge in [-0.2, -0.15) is 0 Å². The summed E-state index contributed by atoms with van der Waals surface area (Å²) in [5.74, 6) is -7.53. The lowest BCUT2D eigenvalue weighted by Gasteiger charge is -2.24. The van der Waals surface area contributed by atoms with E-state index in [2.05, 4.69) is 22.9 Å². The predicted octanol–water partition coefficient (Wildman–Crippen LogP) is 5.16. The molecule has 76 heavy (non-hydrogen) atoms. The minimum absolute atomic E-state index is 0.00172. The number of unbranched alkanes of at least 4 members (excludes halogenated alkanes) is 14. The van der Waals surface area contributed by atoms with Crippen LogP contribution in [0.3, 0.4) is 0 Å². The largest absolute Gasteiger partial charge is 0.480 e. The molecule has 7 N–H and O–H groups in total. The molecule has 0 aliphatic carbocycles. The number of hydrogen-bond acceptors (Lipinski definition) is 16. The first-order valence-corrected chi connectivity index (χ1v) is 29.2. The lowest BCUT2D eigenvalue weighted by Crippen LogP contribution is -2.47. The molecule has 0 spiro atoms. The van der Waals surface area contributed by atoms with Crippen molar-refractivity contribution in [2.24, 2.45) is 11.8 Å². The molecule has 0 radical (unpaired) electrons. The number of carboxylic acids is 1. The number of nitrogens with one attached hydrogen (secondary N) is 3. The van der Waals surface area contributed by atoms with Gasteiger partial charge in [0.05, 0.1) is 64.4 Å². The number of Topliss-reactive ketones (excluding diaryl/α,β-unsaturated/α-hetero) is 2. The molecule has 1 unspecified atom stereocenters. The number of carboxylic acid groups (broad SMARTS) is 1. The van der Waals surface area contributed by atoms with E-state index >= 15 is 0 Å². The van der Waals surface area contributed by atoms with Crippen LogP contribution in [-0.4, -0.2) is 182 Å². The number of quaternary nitrogens is 1. The number of nitrogens with zero attached hydrogens (tertiary/aromatic N) is 2. The first-order valence-electron chi connectivity index (χ1n) is 27.7. The quantitative estimate of drug-likeness (QED) is 0.0179. The number of hydrogen-bond donors (Lipinski definition) is 7. The number of esters is 2. The zero-order chi connectivity index (χ0) is 57.5. The van der Waals surface area contributed by atoms with Crippen LogP contribution in [0.5, 0.6) is 0 Å². The molecule has 0 aromatic rings. The number of ether oxygens (including phenoxy) is 2. The van der Waals surface area contributed by atoms with Crippen LogP contribution in [0.4, 0.5) is 0 Å². The number of carbonyl (C=O) groups is 8. The summed E-state index contributed by atoms with van der Waals surface area (Å²) in [6.07, 6.45) is 12.9. The number of aliphatic carboxylic acids is 1. The van der Waals surface area contributed by atoms with Crippen LogP contribution in [0, 0.1) is 11.8 Å². The summed E-state index contributed by atoms with van der Waals surface area (Å²) in [7, 11) is 3.03. The van der Waals surface area contributed by atoms with Gasteiger partial charge in [-0.1, -0.05) is 90.9 Å². The maximum atomic E-state index is 13.4. The highest BCUT2D eigenvalue weighted by Crippen LogP contribution is 2.43. The summed E-state index contributed by atoms with van der Waals surface area (Å²) in [4.78, 5) is 113. The van der Waals surface area contributed by atoms with E-state index in [1.165, 1.54) is 78.6 Å². The van der Waals surface area contributed by atoms with Gasteiger partial charge < -0.3 is 55.0 Å². The van der Waals surface area contributed by atoms with Gasteiger partial charge in [-0.25, -0.2) is 4.57 Å². The Morgan fingerprint density at radius 3 is 1.75 bits per heavy atom. The van der Waals surface area contributed by atoms with Crippen molar-refractivity contribution in [3.05, 3.63) is 0 Å². The van der Waals surface area contributed by atoms with Crippen molar-refractivity contribution in [2.45, 2.75) is 200 Å². The van der Waals surface area contributed by atoms with Crippen molar-refractivity contribution in [1.82, 2.24) is 20.9 Å². The summed E-state index contributed by atoms with van der Waals surface area (Å²) >= 11 is 0. The van der Waals surface area contributed by atoms with Crippen LogP contribution in [0.1, 0.15) is 175 Å². The average Bonchev–Trinajstić information content (AvgIpc) is 3.34. The number of amides is 3. The first-order chi connectivity index (χ1) is 35.8. The van der Waals surface area contributed by atoms with Gasteiger partial charge in [0.1, 0.15) is 26.3 Å². The Balaban J connectivity index is 5.27. The molecular weight excluding hydrogens is 1010 g/mol. The molecule has 0 heterocycles. The third kappa shape index (κ3) is 40.3. The number of aliphatic hydroxyl groups excluding tert-OH is 2. The normalized spacial score (nSPS) is 14.8. The zero-order valence-corrected chi connectivity index (χ0v) is 48.2. The molecule has 0 saturated heterocycles. The first kappa shape index (κ1) is 72.1. The predicted molar refractivity (Wildman–Crippen MR) is 286 cm³/mol. The Kier molecular flexibility index (Phi) is 40.0. The zero-order valence-electron chi connectivity index (χ0n) is 47.3. The molecule has 3 amide bonds. The Labute approximate surface area is 453 Å². The highest BCUT2D eigenvalue weighted by Gasteiger charge is 2.31. The van der Waals surface area contributed by atoms with Crippen molar-refractivity contribution in [1.29, 1.82) is 0 Å². The van der Waals surface area contributed by atoms with E-state index < -0.39 is 117 Å². The lowest BCUT2D eigenvalue weighted by atomic mass is 9.94. The monoisotopic (exact) mass is 1110 g/mol. The number of phosphoric acid groups is 1. The van der Waals surface area contributed by atoms with Gasteiger partial charge in [0.2, 0.25) is 17.7 Å². The van der Waals surface area contributed by atoms with Crippen LogP contribution < -0.4 is 16.0 Å². The molecule has 7 atom stereocenters. The van der Waals surface area contributed by atoms with Gasteiger partial charge in [-0.05, 0) is 72.5 Å². The molecule has 0 fully saturated rings. The summed E-state index contributed by atoms with van der Waals surface area (Å²) in [5.41, 5.74) is 0. The summed E-state index contributed by atoms with van der Waals surface area (Å²) in [6.45, 7) is 5.96. The van der Waals surface area contributed by atoms with Crippen LogP contribution in [-0.2, 0) is 61.4 Å². The number of likely N-dealkylation sites (N-methyl/N-ethyl adjacent to an activating group) is 1. The molecule has 23 heteroatoms. The number of rotatable bonds is 49. The highest BCUT2D eigenvalue weighted by atomic mass is 31.2. The van der Waals surface area contributed by atoms with Crippen molar-refractivity contribution < 1.29 is 86.1 Å². The standard InChI is InChI=1S/C53H98N5O17P/c1-9-10-11-12-13-14-15-16-17-18-19-20-21-27-50(66)72-38-44(39-74-76(70,71)73-34-33-58(6,7)8)75-51(67)28-23-25-32-57(5)31-24-22-26-46(47(62)29-30-48(63)54-37-49(64)65)56-53(69)45(42(4)60)35-43(61)36-55-52(68)40(2)41(3)59/h40-42,44-46,59-60H,9-39H2,1-8H3,(H4-,54,55,56,63,64,65,68,69,70,71)/p+1/t40-,41+,42+,44+,45-,46-/m0/s1. The van der Waals surface area contributed by atoms with E-state index in [0.29, 0.717) is 56.2 Å². The fourth-order valence-electron chi connectivity index (χ4n) is 7.68. The number of phosphoric ester groups is 1. The van der Waals surface area contributed by atoms with Gasteiger partial charge >= 0.3 is 25.7 Å². The SMILES string of the molecule is CCCCCCCCCCCCCCCC(=O)OC[C@H](COP(=O)(O)OCC[N+](C)(C)C)OC(=O)CCCCN(C)CCCC[C@H](NC(=O)[C@@H](CC(=O)CNC(=O)[C@@H](C)[C@@H](C)O)[C@@H](C)O)C(=O)CCC(=O)NCC(=O)O. The lowest BCUT2D eigenvalue weighted by molar-refractivity contribution is -0.870.